The number of nitrogens with zero attached hydrogens (tertiary/aromatic N) is 4. The number of hydrogen-bond donors (Lipinski definition) is 0. The Morgan fingerprint density at radius 1 is 0.425 bits per heavy atom. The first kappa shape index (κ1) is 57.0. The van der Waals surface area contributed by atoms with Gasteiger partial charge in [0.15, 0.2) is 0 Å². The predicted octanol–water partition coefficient (Wildman–Crippen LogP) is 19.2. The topological polar surface area (TPSA) is 35.9 Å². The number of rotatable bonds is 8. The smallest absolute Gasteiger partial charge is 0.382 e. The molecular formula is C66H40F16N4O. The molecule has 0 unspecified atom stereocenters. The number of para-hydroxylation sites is 3. The first-order valence-electron chi connectivity index (χ1n) is 26.6. The number of alkyl halides is 16. The van der Waals surface area contributed by atoms with Crippen molar-refractivity contribution in [2.45, 2.75) is 73.6 Å². The minimum absolute atomic E-state index is 0.0750. The fraction of sp³-hybridized carbons (Fsp3) is 0.182. The second-order valence-electron chi connectivity index (χ2n) is 22.4. The van der Waals surface area contributed by atoms with E-state index < -0.39 is 97.6 Å². The molecule has 21 heteroatoms. The van der Waals surface area contributed by atoms with Crippen molar-refractivity contribution in [2.75, 3.05) is 0 Å². The minimum atomic E-state index is -6.68. The third kappa shape index (κ3) is 8.01. The molecule has 13 rings (SSSR count). The fourth-order valence-corrected chi connectivity index (χ4v) is 11.6. The van der Waals surface area contributed by atoms with E-state index in [1.165, 1.54) is 16.7 Å². The zero-order valence-electron chi connectivity index (χ0n) is 45.1. The van der Waals surface area contributed by atoms with Crippen molar-refractivity contribution in [1.29, 1.82) is 0 Å². The van der Waals surface area contributed by atoms with Gasteiger partial charge in [0.05, 0.1) is 33.4 Å². The molecule has 8 aromatic carbocycles. The van der Waals surface area contributed by atoms with Gasteiger partial charge in [0.1, 0.15) is 17.3 Å². The van der Waals surface area contributed by atoms with Gasteiger partial charge in [-0.05, 0) is 111 Å². The molecule has 0 aliphatic heterocycles. The largest absolute Gasteiger partial charge is 0.458 e. The van der Waals surface area contributed by atoms with E-state index in [9.17, 15) is 17.6 Å². The van der Waals surface area contributed by atoms with Gasteiger partial charge >= 0.3 is 47.4 Å². The van der Waals surface area contributed by atoms with E-state index in [0.717, 1.165) is 61.3 Å². The van der Waals surface area contributed by atoms with Crippen molar-refractivity contribution in [3.05, 3.63) is 222 Å². The number of ether oxygens (including phenoxy) is 1. The van der Waals surface area contributed by atoms with Crippen molar-refractivity contribution in [2.24, 2.45) is 0 Å². The maximum absolute atomic E-state index is 15.7. The standard InChI is InChI=1S/C66H40F16N4O/c1-58(2,3)40-27-28-83-56(32-40)86-52-26-21-37(36-11-5-4-6-12-36)29-47(52)46-23-22-43(34-55(46)86)87-42-14-9-13-41(33-42)84-35-85(54-18-8-7-17-53(54)84)57-44(38-19-24-48-50(30-38)61(71,72)65(79,80)63(75,76)59(48,67)68)15-10-16-45(57)39-20-25-49-51(31-39)62(73,74)66(81,82)64(77,78)60(49,69)70/h4-34H,1-3H3. The van der Waals surface area contributed by atoms with Crippen LogP contribution in [0.5, 0.6) is 11.5 Å². The second-order valence-corrected chi connectivity index (χ2v) is 22.4. The van der Waals surface area contributed by atoms with E-state index in [4.69, 9.17) is 9.72 Å². The zero-order valence-corrected chi connectivity index (χ0v) is 45.1. The van der Waals surface area contributed by atoms with Crippen LogP contribution in [0.25, 0.3) is 83.4 Å². The number of aromatic nitrogens is 4. The highest BCUT2D eigenvalue weighted by Crippen LogP contribution is 2.67. The van der Waals surface area contributed by atoms with Crippen molar-refractivity contribution in [1.82, 2.24) is 14.1 Å². The number of imidazole rings is 1. The average molecular weight is 1210 g/mol. The van der Waals surface area contributed by atoms with Crippen molar-refractivity contribution in [3.8, 4) is 62.1 Å². The minimum Gasteiger partial charge on any atom is -0.458 e. The molecule has 0 bridgehead atoms. The van der Waals surface area contributed by atoms with E-state index >= 15 is 52.7 Å². The van der Waals surface area contributed by atoms with Crippen LogP contribution in [0, 0.1) is 6.33 Å². The highest BCUT2D eigenvalue weighted by Gasteiger charge is 2.86. The third-order valence-corrected chi connectivity index (χ3v) is 16.2. The molecule has 0 amide bonds. The lowest BCUT2D eigenvalue weighted by atomic mass is 9.78. The van der Waals surface area contributed by atoms with E-state index in [1.54, 1.807) is 48.7 Å². The van der Waals surface area contributed by atoms with Crippen LogP contribution in [0.2, 0.25) is 0 Å². The van der Waals surface area contributed by atoms with Crippen LogP contribution >= 0.6 is 0 Å². The van der Waals surface area contributed by atoms with Crippen LogP contribution in [0.15, 0.2) is 188 Å². The molecule has 0 N–H and O–H groups in total. The zero-order chi connectivity index (χ0) is 62.0. The lowest BCUT2D eigenvalue weighted by molar-refractivity contribution is -0.571. The number of halogens is 16. The third-order valence-electron chi connectivity index (χ3n) is 16.2. The summed E-state index contributed by atoms with van der Waals surface area (Å²) < 4.78 is 254. The maximum Gasteiger partial charge on any atom is 0.382 e. The van der Waals surface area contributed by atoms with E-state index in [0.29, 0.717) is 23.7 Å². The van der Waals surface area contributed by atoms with E-state index in [1.807, 2.05) is 71.3 Å². The summed E-state index contributed by atoms with van der Waals surface area (Å²) >= 11 is 0. The highest BCUT2D eigenvalue weighted by atomic mass is 19.4. The van der Waals surface area contributed by atoms with Gasteiger partial charge in [-0.2, -0.15) is 70.2 Å². The predicted molar refractivity (Wildman–Crippen MR) is 293 cm³/mol. The van der Waals surface area contributed by atoms with Gasteiger partial charge in [-0.25, -0.2) is 4.98 Å². The first-order chi connectivity index (χ1) is 40.8. The molecule has 0 saturated carbocycles. The van der Waals surface area contributed by atoms with Gasteiger partial charge in [-0.1, -0.05) is 130 Å². The van der Waals surface area contributed by atoms with Crippen molar-refractivity contribution < 1.29 is 79.6 Å². The maximum atomic E-state index is 15.7. The molecule has 11 aromatic rings. The van der Waals surface area contributed by atoms with Crippen molar-refractivity contribution in [3.63, 3.8) is 0 Å². The van der Waals surface area contributed by atoms with Gasteiger partial charge in [0.2, 0.25) is 0 Å². The van der Waals surface area contributed by atoms with Crippen LogP contribution in [0.4, 0.5) is 70.2 Å². The molecule has 0 spiro atoms. The lowest BCUT2D eigenvalue weighted by Crippen LogP contribution is -2.63. The normalized spacial score (nSPS) is 18.3. The molecule has 5 nitrogen and oxygen atoms in total. The summed E-state index contributed by atoms with van der Waals surface area (Å²) in [4.78, 5) is 4.80. The molecule has 0 radical (unpaired) electrons. The van der Waals surface area contributed by atoms with Crippen LogP contribution in [0.1, 0.15) is 48.6 Å². The van der Waals surface area contributed by atoms with Gasteiger partial charge < -0.3 is 4.74 Å². The van der Waals surface area contributed by atoms with Gasteiger partial charge in [-0.15, -0.1) is 0 Å². The average Bonchev–Trinajstić information content (AvgIpc) is 1.40. The van der Waals surface area contributed by atoms with E-state index in [-0.39, 0.29) is 52.2 Å². The molecule has 0 atom stereocenters. The van der Waals surface area contributed by atoms with Gasteiger partial charge in [-0.3, -0.25) is 13.7 Å². The number of fused-ring (bicyclic) bond motifs is 6. The van der Waals surface area contributed by atoms with E-state index in [2.05, 4.69) is 33.2 Å². The lowest BCUT2D eigenvalue weighted by Gasteiger charge is -2.43. The Hall–Kier alpha value is -9.14. The Balaban J connectivity index is 0.976. The van der Waals surface area contributed by atoms with Crippen LogP contribution in [-0.4, -0.2) is 37.8 Å². The molecule has 3 heterocycles. The Morgan fingerprint density at radius 2 is 0.966 bits per heavy atom. The van der Waals surface area contributed by atoms with Crippen LogP contribution < -0.4 is 9.30 Å². The molecule has 2 aliphatic rings. The summed E-state index contributed by atoms with van der Waals surface area (Å²) in [6.45, 7) is 6.26. The molecule has 87 heavy (non-hydrogen) atoms. The first-order valence-corrected chi connectivity index (χ1v) is 26.6. The number of benzene rings is 8. The monoisotopic (exact) mass is 1210 g/mol. The van der Waals surface area contributed by atoms with Gasteiger partial charge in [0.25, 0.3) is 6.33 Å². The molecule has 2 aliphatic carbocycles. The summed E-state index contributed by atoms with van der Waals surface area (Å²) in [6, 6.07) is 42.7. The summed E-state index contributed by atoms with van der Waals surface area (Å²) in [5, 5.41) is 1.79. The summed E-state index contributed by atoms with van der Waals surface area (Å²) in [5.74, 6) is -49.1. The quantitative estimate of drug-likeness (QED) is 0.0863. The fourth-order valence-electron chi connectivity index (χ4n) is 11.6. The Bertz CT molecular complexity index is 4520. The van der Waals surface area contributed by atoms with Gasteiger partial charge in [0, 0.05) is 45.3 Å². The SMILES string of the molecule is CC(C)(C)c1ccnc(-n2c3ccc(-c4ccccc4)cc3c3ccc(Oc4cccc(-n5[c-][n+](-c6c(-c7ccc8c(c7)C(F)(F)C(F)(F)C(F)(F)C8(F)F)cccc6-c6ccc7c(c6)C(F)(F)C(F)(F)C(F)(F)C7(F)F)c6ccccc65)c4)cc32)c1. The van der Waals surface area contributed by atoms with Crippen LogP contribution in [-0.2, 0) is 29.1 Å². The number of pyridine rings is 1. The summed E-state index contributed by atoms with van der Waals surface area (Å²) in [5.41, 5.74) is -6.55. The molecule has 0 saturated heterocycles. The molecule has 442 valence electrons. The van der Waals surface area contributed by atoms with Crippen LogP contribution in [0.3, 0.4) is 0 Å². The second kappa shape index (κ2) is 18.7. The molecule has 3 aromatic heterocycles. The summed E-state index contributed by atoms with van der Waals surface area (Å²) in [6.07, 6.45) is 4.79. The molecular weight excluding hydrogens is 1170 g/mol. The summed E-state index contributed by atoms with van der Waals surface area (Å²) in [7, 11) is 0. The number of hydrogen-bond acceptors (Lipinski definition) is 2. The molecule has 0 fully saturated rings. The Kier molecular flexibility index (Phi) is 12.2. The Morgan fingerprint density at radius 3 is 1.56 bits per heavy atom. The van der Waals surface area contributed by atoms with Crippen molar-refractivity contribution >= 4 is 32.8 Å². The Labute approximate surface area is 482 Å². The highest BCUT2D eigenvalue weighted by molar-refractivity contribution is 6.10.